The van der Waals surface area contributed by atoms with Crippen LogP contribution in [-0.2, 0) is 4.79 Å². The van der Waals surface area contributed by atoms with Gasteiger partial charge >= 0.3 is 0 Å². The number of ether oxygens (including phenoxy) is 2. The Hall–Kier alpha value is -4.29. The molecule has 2 heterocycles. The Morgan fingerprint density at radius 3 is 2.05 bits per heavy atom. The molecule has 3 aromatic rings. The van der Waals surface area contributed by atoms with Crippen molar-refractivity contribution < 1.29 is 14.3 Å². The van der Waals surface area contributed by atoms with Crippen LogP contribution in [0.2, 0.25) is 0 Å². The van der Waals surface area contributed by atoms with Crippen LogP contribution in [0, 0.1) is 0 Å². The van der Waals surface area contributed by atoms with Crippen molar-refractivity contribution in [2.75, 3.05) is 14.2 Å². The summed E-state index contributed by atoms with van der Waals surface area (Å²) in [5.74, 6) is 1.48. The number of carbonyl (C=O) groups is 1. The molecule has 0 fully saturated rings. The largest absolute Gasteiger partial charge is 0.497 e. The van der Waals surface area contributed by atoms with Gasteiger partial charge in [0.1, 0.15) is 11.5 Å². The van der Waals surface area contributed by atoms with Crippen LogP contribution in [-0.4, -0.2) is 30.1 Å². The predicted molar refractivity (Wildman–Crippen MR) is 156 cm³/mol. The number of nitrogens with zero attached hydrogens (tertiary/aromatic N) is 2. The van der Waals surface area contributed by atoms with E-state index >= 15 is 0 Å². The molecule has 6 heteroatoms. The Morgan fingerprint density at radius 1 is 0.842 bits per heavy atom. The third kappa shape index (κ3) is 5.36. The summed E-state index contributed by atoms with van der Waals surface area (Å²) in [5.41, 5.74) is 5.29. The minimum absolute atomic E-state index is 0.0865. The first-order valence-corrected chi connectivity index (χ1v) is 13.1. The lowest BCUT2D eigenvalue weighted by Crippen LogP contribution is -2.35. The molecule has 2 aliphatic heterocycles. The van der Waals surface area contributed by atoms with Gasteiger partial charge in [-0.05, 0) is 65.4 Å². The molecule has 0 aromatic heterocycles. The van der Waals surface area contributed by atoms with Crippen molar-refractivity contribution >= 4 is 34.9 Å². The zero-order chi connectivity index (χ0) is 26.5. The third-order valence-electron chi connectivity index (χ3n) is 6.42. The van der Waals surface area contributed by atoms with Crippen molar-refractivity contribution in [1.82, 2.24) is 4.90 Å². The van der Waals surface area contributed by atoms with Gasteiger partial charge in [0.15, 0.2) is 11.0 Å². The first kappa shape index (κ1) is 25.4. The van der Waals surface area contributed by atoms with Crippen molar-refractivity contribution in [1.29, 1.82) is 0 Å². The van der Waals surface area contributed by atoms with Gasteiger partial charge < -0.3 is 14.4 Å². The highest BCUT2D eigenvalue weighted by molar-refractivity contribution is 8.16. The molecule has 3 aromatic carbocycles. The van der Waals surface area contributed by atoms with Crippen LogP contribution in [0.5, 0.6) is 11.5 Å². The van der Waals surface area contributed by atoms with Gasteiger partial charge in [-0.25, -0.2) is 4.99 Å². The molecule has 5 nitrogen and oxygen atoms in total. The molecule has 1 atom stereocenters. The van der Waals surface area contributed by atoms with Crippen LogP contribution < -0.4 is 9.47 Å². The van der Waals surface area contributed by atoms with E-state index in [9.17, 15) is 4.79 Å². The molecule has 0 saturated carbocycles. The number of aliphatic imine (C=N–C) groups is 1. The van der Waals surface area contributed by atoms with E-state index in [2.05, 4.69) is 29.4 Å². The fraction of sp³-hybridized carbons (Fsp3) is 0.125. The number of fused-ring (bicyclic) bond motifs is 1. The number of methoxy groups -OCH3 is 2. The lowest BCUT2D eigenvalue weighted by Gasteiger charge is -2.35. The number of benzene rings is 3. The van der Waals surface area contributed by atoms with Crippen molar-refractivity contribution in [3.63, 3.8) is 0 Å². The molecule has 1 unspecified atom stereocenters. The summed E-state index contributed by atoms with van der Waals surface area (Å²) in [5, 5.41) is 2.95. The van der Waals surface area contributed by atoms with Gasteiger partial charge in [-0.2, -0.15) is 0 Å². The van der Waals surface area contributed by atoms with Crippen LogP contribution >= 0.6 is 11.8 Å². The minimum Gasteiger partial charge on any atom is -0.497 e. The van der Waals surface area contributed by atoms with Crippen LogP contribution in [0.4, 0.5) is 0 Å². The number of ketones is 1. The maximum atomic E-state index is 13.9. The van der Waals surface area contributed by atoms with Gasteiger partial charge in [0, 0.05) is 5.70 Å². The molecule has 0 radical (unpaired) electrons. The first-order chi connectivity index (χ1) is 18.6. The van der Waals surface area contributed by atoms with E-state index < -0.39 is 0 Å². The molecule has 38 heavy (non-hydrogen) atoms. The number of hydrogen-bond donors (Lipinski definition) is 0. The van der Waals surface area contributed by atoms with Crippen molar-refractivity contribution in [2.24, 2.45) is 4.99 Å². The van der Waals surface area contributed by atoms with Crippen molar-refractivity contribution in [2.45, 2.75) is 13.0 Å². The highest BCUT2D eigenvalue weighted by Crippen LogP contribution is 2.44. The normalized spacial score (nSPS) is 17.0. The van der Waals surface area contributed by atoms with E-state index in [1.54, 1.807) is 32.1 Å². The molecule has 0 spiro atoms. The van der Waals surface area contributed by atoms with Crippen LogP contribution in [0.3, 0.4) is 0 Å². The highest BCUT2D eigenvalue weighted by Gasteiger charge is 2.38. The fourth-order valence-corrected chi connectivity index (χ4v) is 5.34. The predicted octanol–water partition coefficient (Wildman–Crippen LogP) is 7.27. The molecule has 2 aliphatic rings. The number of allylic oxidation sites excluding steroid dienone is 3. The summed E-state index contributed by atoms with van der Waals surface area (Å²) < 4.78 is 10.5. The second-order valence-corrected chi connectivity index (χ2v) is 9.67. The molecule has 0 bridgehead atoms. The number of carbonyl (C=O) groups excluding carboxylic acids is 1. The van der Waals surface area contributed by atoms with E-state index in [1.807, 2.05) is 85.0 Å². The summed E-state index contributed by atoms with van der Waals surface area (Å²) >= 11 is 1.58. The van der Waals surface area contributed by atoms with Crippen LogP contribution in [0.15, 0.2) is 118 Å². The van der Waals surface area contributed by atoms with Gasteiger partial charge in [0.2, 0.25) is 0 Å². The average molecular weight is 521 g/mol. The van der Waals surface area contributed by atoms with Crippen LogP contribution in [0.25, 0.3) is 12.2 Å². The Morgan fingerprint density at radius 2 is 1.45 bits per heavy atom. The molecule has 5 rings (SSSR count). The molecule has 0 aliphatic carbocycles. The van der Waals surface area contributed by atoms with Gasteiger partial charge in [-0.1, -0.05) is 78.5 Å². The van der Waals surface area contributed by atoms with E-state index in [0.717, 1.165) is 39.1 Å². The molecular weight excluding hydrogens is 492 g/mol. The quantitative estimate of drug-likeness (QED) is 0.292. The van der Waals surface area contributed by atoms with Gasteiger partial charge in [-0.15, -0.1) is 0 Å². The van der Waals surface area contributed by atoms with Gasteiger partial charge in [0.05, 0.1) is 31.5 Å². The van der Waals surface area contributed by atoms with E-state index in [-0.39, 0.29) is 11.8 Å². The molecular formula is C32H28N2O3S. The maximum Gasteiger partial charge on any atom is 0.186 e. The third-order valence-corrected chi connectivity index (χ3v) is 7.38. The zero-order valence-corrected chi connectivity index (χ0v) is 22.3. The first-order valence-electron chi connectivity index (χ1n) is 12.3. The second-order valence-electron chi connectivity index (χ2n) is 8.83. The Bertz CT molecular complexity index is 1470. The second kappa shape index (κ2) is 11.4. The van der Waals surface area contributed by atoms with Crippen molar-refractivity contribution in [3.05, 3.63) is 130 Å². The molecule has 0 amide bonds. The summed E-state index contributed by atoms with van der Waals surface area (Å²) in [4.78, 5) is 21.0. The summed E-state index contributed by atoms with van der Waals surface area (Å²) in [6.45, 7) is 2.05. The van der Waals surface area contributed by atoms with E-state index in [0.29, 0.717) is 11.3 Å². The Kier molecular flexibility index (Phi) is 7.61. The van der Waals surface area contributed by atoms with Gasteiger partial charge in [-0.3, -0.25) is 4.79 Å². The molecule has 0 saturated heterocycles. The van der Waals surface area contributed by atoms with E-state index in [1.165, 1.54) is 0 Å². The highest BCUT2D eigenvalue weighted by atomic mass is 32.2. The number of hydrogen-bond acceptors (Lipinski definition) is 6. The molecule has 0 N–H and O–H groups in total. The lowest BCUT2D eigenvalue weighted by molar-refractivity contribution is -0.111. The van der Waals surface area contributed by atoms with E-state index in [4.69, 9.17) is 14.5 Å². The Labute approximate surface area is 227 Å². The number of thioether (sulfide) groups is 1. The minimum atomic E-state index is -0.293. The standard InChI is InChI=1S/C32H28N2O3S/c1-22-21-38-32-33-28(19-13-23-9-15-26(36-2)16-10-23)30(31(34(22)32)25-7-5-4-6-8-25)29(35)20-14-24-11-17-27(37-3)18-12-24/h4-21,31H,1-3H3/b19-13+,20-14+. The Balaban J connectivity index is 1.59. The SMILES string of the molecule is COc1ccc(/C=C/C(=O)C2=C(/C=C/c3ccc(OC)cc3)N=C3SC=C(C)N3C2c2ccccc2)cc1. The number of rotatable bonds is 8. The zero-order valence-electron chi connectivity index (χ0n) is 21.5. The monoisotopic (exact) mass is 520 g/mol. The summed E-state index contributed by atoms with van der Waals surface area (Å²) in [6.07, 6.45) is 7.39. The number of amidine groups is 1. The van der Waals surface area contributed by atoms with Gasteiger partial charge in [0.25, 0.3) is 0 Å². The lowest BCUT2D eigenvalue weighted by atomic mass is 9.90. The molecule has 190 valence electrons. The van der Waals surface area contributed by atoms with Crippen LogP contribution in [0.1, 0.15) is 29.7 Å². The van der Waals surface area contributed by atoms with Crippen molar-refractivity contribution in [3.8, 4) is 11.5 Å². The maximum absolute atomic E-state index is 13.9. The topological polar surface area (TPSA) is 51.1 Å². The fourth-order valence-electron chi connectivity index (χ4n) is 4.44. The smallest absolute Gasteiger partial charge is 0.186 e. The summed E-state index contributed by atoms with van der Waals surface area (Å²) in [7, 11) is 3.28. The average Bonchev–Trinajstić information content (AvgIpc) is 3.34. The summed E-state index contributed by atoms with van der Waals surface area (Å²) in [6, 6.07) is 25.2.